The van der Waals surface area contributed by atoms with E-state index in [0.29, 0.717) is 5.56 Å². The maximum Gasteiger partial charge on any atom is 0.326 e. The Bertz CT molecular complexity index is 504. The molecule has 6 heteroatoms. The van der Waals surface area contributed by atoms with Crippen LogP contribution in [0.15, 0.2) is 6.20 Å². The van der Waals surface area contributed by atoms with Gasteiger partial charge in [0.15, 0.2) is 0 Å². The maximum atomic E-state index is 12.3. The van der Waals surface area contributed by atoms with Crippen LogP contribution >= 0.6 is 0 Å². The summed E-state index contributed by atoms with van der Waals surface area (Å²) in [7, 11) is 0. The van der Waals surface area contributed by atoms with Gasteiger partial charge in [-0.25, -0.2) is 4.79 Å². The summed E-state index contributed by atoms with van der Waals surface area (Å²) >= 11 is 0. The van der Waals surface area contributed by atoms with Crippen LogP contribution < -0.4 is 5.32 Å². The lowest BCUT2D eigenvalue weighted by Crippen LogP contribution is -2.44. The molecule has 1 aromatic heterocycles. The zero-order valence-corrected chi connectivity index (χ0v) is 13.4. The molecule has 1 aromatic rings. The highest BCUT2D eigenvalue weighted by molar-refractivity contribution is 5.97. The van der Waals surface area contributed by atoms with E-state index in [0.717, 1.165) is 18.5 Å². The van der Waals surface area contributed by atoms with Crippen LogP contribution in [0, 0.1) is 12.8 Å². The first kappa shape index (κ1) is 17.2. The summed E-state index contributed by atoms with van der Waals surface area (Å²) < 4.78 is 1.85. The molecule has 1 atom stereocenters. The van der Waals surface area contributed by atoms with Crippen molar-refractivity contribution in [2.24, 2.45) is 5.92 Å². The minimum Gasteiger partial charge on any atom is -0.480 e. The molecule has 1 unspecified atom stereocenters. The van der Waals surface area contributed by atoms with Crippen LogP contribution in [0.25, 0.3) is 0 Å². The number of carboxylic acids is 1. The van der Waals surface area contributed by atoms with Gasteiger partial charge in [0.2, 0.25) is 0 Å². The number of aliphatic carboxylic acids is 1. The van der Waals surface area contributed by atoms with Gasteiger partial charge in [-0.2, -0.15) is 5.10 Å². The Morgan fingerprint density at radius 3 is 2.33 bits per heavy atom. The normalized spacial score (nSPS) is 12.7. The fourth-order valence-electron chi connectivity index (χ4n) is 2.38. The van der Waals surface area contributed by atoms with Gasteiger partial charge in [-0.15, -0.1) is 0 Å². The van der Waals surface area contributed by atoms with Crippen LogP contribution in [-0.2, 0) is 4.79 Å². The molecule has 0 saturated carbocycles. The lowest BCUT2D eigenvalue weighted by molar-refractivity contribution is -0.140. The smallest absolute Gasteiger partial charge is 0.326 e. The molecule has 0 radical (unpaired) electrons. The molecule has 118 valence electrons. The van der Waals surface area contributed by atoms with E-state index in [1.54, 1.807) is 13.8 Å². The molecule has 6 nitrogen and oxygen atoms in total. The number of hydrogen-bond donors (Lipinski definition) is 2. The molecule has 0 saturated heterocycles. The van der Waals surface area contributed by atoms with Crippen LogP contribution in [0.1, 0.15) is 62.6 Å². The van der Waals surface area contributed by atoms with Gasteiger partial charge in [0.05, 0.1) is 17.8 Å². The summed E-state index contributed by atoms with van der Waals surface area (Å²) in [6.45, 7) is 9.52. The molecule has 2 N–H and O–H groups in total. The maximum absolute atomic E-state index is 12.3. The van der Waals surface area contributed by atoms with E-state index in [2.05, 4.69) is 24.3 Å². The Kier molecular flexibility index (Phi) is 5.93. The van der Waals surface area contributed by atoms with Crippen molar-refractivity contribution in [3.63, 3.8) is 0 Å². The highest BCUT2D eigenvalue weighted by atomic mass is 16.4. The molecule has 1 amide bonds. The largest absolute Gasteiger partial charge is 0.480 e. The fourth-order valence-corrected chi connectivity index (χ4v) is 2.38. The van der Waals surface area contributed by atoms with Crippen LogP contribution in [0.2, 0.25) is 0 Å². The monoisotopic (exact) mass is 295 g/mol. The van der Waals surface area contributed by atoms with Gasteiger partial charge in [0.1, 0.15) is 6.04 Å². The Labute approximate surface area is 125 Å². The molecule has 0 aliphatic rings. The number of aromatic nitrogens is 2. The number of rotatable bonds is 7. The van der Waals surface area contributed by atoms with E-state index < -0.39 is 12.0 Å². The zero-order valence-electron chi connectivity index (χ0n) is 13.4. The molecule has 0 aromatic carbocycles. The van der Waals surface area contributed by atoms with Crippen LogP contribution in [-0.4, -0.2) is 32.8 Å². The van der Waals surface area contributed by atoms with Crippen molar-refractivity contribution >= 4 is 11.9 Å². The van der Waals surface area contributed by atoms with E-state index in [1.807, 2.05) is 11.6 Å². The van der Waals surface area contributed by atoms with Crippen LogP contribution in [0.3, 0.4) is 0 Å². The number of amides is 1. The van der Waals surface area contributed by atoms with E-state index in [1.165, 1.54) is 6.20 Å². The minimum atomic E-state index is -1.02. The SMILES string of the molecule is CCC(CC)n1ncc(C(=O)NC(C(=O)O)C(C)C)c1C. The average molecular weight is 295 g/mol. The van der Waals surface area contributed by atoms with E-state index in [-0.39, 0.29) is 17.9 Å². The van der Waals surface area contributed by atoms with Crippen molar-refractivity contribution in [2.75, 3.05) is 0 Å². The minimum absolute atomic E-state index is 0.180. The first-order chi connectivity index (χ1) is 9.83. The molecule has 0 aliphatic carbocycles. The zero-order chi connectivity index (χ0) is 16.2. The third-order valence-electron chi connectivity index (χ3n) is 3.80. The first-order valence-corrected chi connectivity index (χ1v) is 7.41. The molecule has 21 heavy (non-hydrogen) atoms. The summed E-state index contributed by atoms with van der Waals surface area (Å²) in [6.07, 6.45) is 3.38. The van der Waals surface area contributed by atoms with Crippen molar-refractivity contribution in [2.45, 2.75) is 59.5 Å². The first-order valence-electron chi connectivity index (χ1n) is 7.41. The number of nitrogens with one attached hydrogen (secondary N) is 1. The number of carboxylic acid groups (broad SMARTS) is 1. The summed E-state index contributed by atoms with van der Waals surface area (Å²) in [4.78, 5) is 23.4. The van der Waals surface area contributed by atoms with Crippen molar-refractivity contribution < 1.29 is 14.7 Å². The summed E-state index contributed by atoms with van der Waals surface area (Å²) in [6, 6.07) is -0.639. The third-order valence-corrected chi connectivity index (χ3v) is 3.80. The Morgan fingerprint density at radius 1 is 1.33 bits per heavy atom. The lowest BCUT2D eigenvalue weighted by atomic mass is 10.0. The summed E-state index contributed by atoms with van der Waals surface area (Å²) in [5.74, 6) is -1.59. The molecule has 0 aliphatic heterocycles. The topological polar surface area (TPSA) is 84.2 Å². The van der Waals surface area contributed by atoms with E-state index >= 15 is 0 Å². The Hall–Kier alpha value is -1.85. The third kappa shape index (κ3) is 3.83. The molecule has 1 rings (SSSR count). The van der Waals surface area contributed by atoms with Crippen LogP contribution in [0.4, 0.5) is 0 Å². The standard InChI is InChI=1S/C15H25N3O3/c1-6-11(7-2)18-10(5)12(8-16-18)14(19)17-13(9(3)4)15(20)21/h8-9,11,13H,6-7H2,1-5H3,(H,17,19)(H,20,21). The average Bonchev–Trinajstić information content (AvgIpc) is 2.79. The van der Waals surface area contributed by atoms with Gasteiger partial charge in [0.25, 0.3) is 5.91 Å². The van der Waals surface area contributed by atoms with Crippen molar-refractivity contribution in [1.82, 2.24) is 15.1 Å². The molecule has 0 bridgehead atoms. The molecular weight excluding hydrogens is 270 g/mol. The van der Waals surface area contributed by atoms with Crippen LogP contribution in [0.5, 0.6) is 0 Å². The number of carbonyl (C=O) groups excluding carboxylic acids is 1. The Morgan fingerprint density at radius 2 is 1.90 bits per heavy atom. The lowest BCUT2D eigenvalue weighted by Gasteiger charge is -2.18. The summed E-state index contributed by atoms with van der Waals surface area (Å²) in [5, 5.41) is 16.0. The number of hydrogen-bond acceptors (Lipinski definition) is 3. The fraction of sp³-hybridized carbons (Fsp3) is 0.667. The Balaban J connectivity index is 2.96. The van der Waals surface area contributed by atoms with Gasteiger partial charge in [-0.1, -0.05) is 27.7 Å². The molecule has 0 fully saturated rings. The second-order valence-corrected chi connectivity index (χ2v) is 5.59. The second-order valence-electron chi connectivity index (χ2n) is 5.59. The second kappa shape index (κ2) is 7.24. The molecule has 1 heterocycles. The van der Waals surface area contributed by atoms with E-state index in [4.69, 9.17) is 5.11 Å². The predicted molar refractivity (Wildman–Crippen MR) is 80.3 cm³/mol. The van der Waals surface area contributed by atoms with Gasteiger partial charge in [-0.05, 0) is 25.7 Å². The van der Waals surface area contributed by atoms with Gasteiger partial charge in [0, 0.05) is 5.69 Å². The van der Waals surface area contributed by atoms with Gasteiger partial charge < -0.3 is 10.4 Å². The number of nitrogens with zero attached hydrogens (tertiary/aromatic N) is 2. The van der Waals surface area contributed by atoms with Gasteiger partial charge >= 0.3 is 5.97 Å². The number of carbonyl (C=O) groups is 2. The predicted octanol–water partition coefficient (Wildman–Crippen LogP) is 2.39. The van der Waals surface area contributed by atoms with Crippen molar-refractivity contribution in [1.29, 1.82) is 0 Å². The van der Waals surface area contributed by atoms with E-state index in [9.17, 15) is 9.59 Å². The highest BCUT2D eigenvalue weighted by Crippen LogP contribution is 2.19. The molecular formula is C15H25N3O3. The van der Waals surface area contributed by atoms with Crippen molar-refractivity contribution in [3.8, 4) is 0 Å². The highest BCUT2D eigenvalue weighted by Gasteiger charge is 2.26. The molecule has 0 spiro atoms. The quantitative estimate of drug-likeness (QED) is 0.809. The summed E-state index contributed by atoms with van der Waals surface area (Å²) in [5.41, 5.74) is 1.21. The van der Waals surface area contributed by atoms with Crippen molar-refractivity contribution in [3.05, 3.63) is 17.5 Å². The van der Waals surface area contributed by atoms with Gasteiger partial charge in [-0.3, -0.25) is 9.48 Å².